The maximum absolute atomic E-state index is 11.4. The standard InChI is InChI=1S/C7H13N5O4S/c1-3-16-7(13)12-17(14,15)11-6-5(8)4(2)9-10-6/h3,8H2,1-2H3,(H,12,13)(H2,9,10,11). The molecule has 0 bridgehead atoms. The van der Waals surface area contributed by atoms with Crippen LogP contribution in [-0.4, -0.2) is 31.3 Å². The van der Waals surface area contributed by atoms with E-state index in [1.165, 1.54) is 0 Å². The fourth-order valence-electron chi connectivity index (χ4n) is 0.939. The molecular formula is C7H13N5O4S. The van der Waals surface area contributed by atoms with Crippen LogP contribution in [0.4, 0.5) is 16.3 Å². The van der Waals surface area contributed by atoms with E-state index in [-0.39, 0.29) is 18.1 Å². The van der Waals surface area contributed by atoms with E-state index in [4.69, 9.17) is 5.73 Å². The molecule has 0 radical (unpaired) electrons. The molecule has 0 aliphatic carbocycles. The molecule has 0 aliphatic rings. The van der Waals surface area contributed by atoms with Gasteiger partial charge in [-0.3, -0.25) is 5.10 Å². The number of nitrogen functional groups attached to an aromatic ring is 1. The second-order valence-corrected chi connectivity index (χ2v) is 4.45. The quantitative estimate of drug-likeness (QED) is 0.588. The van der Waals surface area contributed by atoms with Crippen LogP contribution in [0.5, 0.6) is 0 Å². The van der Waals surface area contributed by atoms with Crippen molar-refractivity contribution in [2.45, 2.75) is 13.8 Å². The lowest BCUT2D eigenvalue weighted by Crippen LogP contribution is -2.36. The molecule has 0 aromatic carbocycles. The van der Waals surface area contributed by atoms with Crippen molar-refractivity contribution >= 4 is 27.8 Å². The Morgan fingerprint density at radius 3 is 2.71 bits per heavy atom. The number of nitrogens with one attached hydrogen (secondary N) is 3. The molecule has 1 aromatic heterocycles. The van der Waals surface area contributed by atoms with Crippen molar-refractivity contribution in [1.82, 2.24) is 14.9 Å². The number of carbonyl (C=O) groups excluding carboxylic acids is 1. The van der Waals surface area contributed by atoms with Gasteiger partial charge in [-0.1, -0.05) is 0 Å². The molecular weight excluding hydrogens is 250 g/mol. The van der Waals surface area contributed by atoms with Gasteiger partial charge in [0.25, 0.3) is 0 Å². The molecule has 1 amide bonds. The highest BCUT2D eigenvalue weighted by Gasteiger charge is 2.18. The Balaban J connectivity index is 2.74. The monoisotopic (exact) mass is 263 g/mol. The molecule has 1 heterocycles. The first-order valence-electron chi connectivity index (χ1n) is 4.63. The second-order valence-electron chi connectivity index (χ2n) is 3.04. The number of nitrogens with two attached hydrogens (primary N) is 1. The summed E-state index contributed by atoms with van der Waals surface area (Å²) in [7, 11) is -4.10. The molecule has 0 aliphatic heterocycles. The number of rotatable bonds is 4. The average Bonchev–Trinajstić information content (AvgIpc) is 2.48. The van der Waals surface area contributed by atoms with Crippen LogP contribution in [0.1, 0.15) is 12.6 Å². The first kappa shape index (κ1) is 13.1. The Bertz CT molecular complexity index is 508. The van der Waals surface area contributed by atoms with Gasteiger partial charge in [-0.15, -0.1) is 0 Å². The predicted octanol–water partition coefficient (Wildman–Crippen LogP) is -0.297. The van der Waals surface area contributed by atoms with Gasteiger partial charge in [-0.25, -0.2) is 14.2 Å². The molecule has 96 valence electrons. The van der Waals surface area contributed by atoms with Crippen molar-refractivity contribution in [3.63, 3.8) is 0 Å². The summed E-state index contributed by atoms with van der Waals surface area (Å²) in [5, 5.41) is 6.11. The van der Waals surface area contributed by atoms with Crippen LogP contribution in [-0.2, 0) is 14.9 Å². The van der Waals surface area contributed by atoms with Crippen LogP contribution < -0.4 is 15.2 Å². The van der Waals surface area contributed by atoms with Gasteiger partial charge in [0.1, 0.15) is 0 Å². The van der Waals surface area contributed by atoms with Crippen molar-refractivity contribution in [1.29, 1.82) is 0 Å². The topological polar surface area (TPSA) is 139 Å². The summed E-state index contributed by atoms with van der Waals surface area (Å²) in [4.78, 5) is 10.9. The van der Waals surface area contributed by atoms with Crippen LogP contribution in [0.15, 0.2) is 0 Å². The summed E-state index contributed by atoms with van der Waals surface area (Å²) in [6.07, 6.45) is -1.08. The van der Waals surface area contributed by atoms with E-state index in [2.05, 4.69) is 14.9 Å². The predicted molar refractivity (Wildman–Crippen MR) is 60.4 cm³/mol. The van der Waals surface area contributed by atoms with Crippen molar-refractivity contribution in [2.75, 3.05) is 17.1 Å². The zero-order valence-electron chi connectivity index (χ0n) is 9.27. The normalized spacial score (nSPS) is 10.9. The van der Waals surface area contributed by atoms with E-state index in [1.54, 1.807) is 18.6 Å². The van der Waals surface area contributed by atoms with Crippen LogP contribution in [0.25, 0.3) is 0 Å². The summed E-state index contributed by atoms with van der Waals surface area (Å²) in [5.74, 6) is -0.0840. The van der Waals surface area contributed by atoms with Gasteiger partial charge in [0.15, 0.2) is 5.82 Å². The van der Waals surface area contributed by atoms with Crippen molar-refractivity contribution in [3.8, 4) is 0 Å². The SMILES string of the molecule is CCOC(=O)NS(=O)(=O)Nc1n[nH]c(C)c1N. The van der Waals surface area contributed by atoms with Crippen LogP contribution in [0.2, 0.25) is 0 Å². The summed E-state index contributed by atoms with van der Waals surface area (Å²) >= 11 is 0. The van der Waals surface area contributed by atoms with Gasteiger partial charge >= 0.3 is 16.3 Å². The molecule has 10 heteroatoms. The zero-order valence-corrected chi connectivity index (χ0v) is 10.1. The first-order valence-corrected chi connectivity index (χ1v) is 6.11. The van der Waals surface area contributed by atoms with E-state index in [0.717, 1.165) is 0 Å². The third-order valence-corrected chi connectivity index (χ3v) is 2.62. The summed E-state index contributed by atoms with van der Waals surface area (Å²) in [6.45, 7) is 3.23. The number of aromatic nitrogens is 2. The van der Waals surface area contributed by atoms with E-state index in [1.807, 2.05) is 4.72 Å². The number of hydrogen-bond donors (Lipinski definition) is 4. The smallest absolute Gasteiger partial charge is 0.422 e. The van der Waals surface area contributed by atoms with Gasteiger partial charge in [0.05, 0.1) is 18.0 Å². The van der Waals surface area contributed by atoms with Gasteiger partial charge in [-0.2, -0.15) is 13.5 Å². The van der Waals surface area contributed by atoms with Crippen LogP contribution in [0.3, 0.4) is 0 Å². The fourth-order valence-corrected chi connectivity index (χ4v) is 1.68. The molecule has 9 nitrogen and oxygen atoms in total. The lowest BCUT2D eigenvalue weighted by molar-refractivity contribution is 0.159. The van der Waals surface area contributed by atoms with Gasteiger partial charge in [-0.05, 0) is 13.8 Å². The maximum Gasteiger partial charge on any atom is 0.422 e. The fraction of sp³-hybridized carbons (Fsp3) is 0.429. The molecule has 1 rings (SSSR count). The number of amides is 1. The van der Waals surface area contributed by atoms with Crippen molar-refractivity contribution < 1.29 is 17.9 Å². The highest BCUT2D eigenvalue weighted by Crippen LogP contribution is 2.18. The minimum atomic E-state index is -4.10. The highest BCUT2D eigenvalue weighted by molar-refractivity contribution is 7.91. The molecule has 0 fully saturated rings. The largest absolute Gasteiger partial charge is 0.449 e. The number of carbonyl (C=O) groups is 1. The summed E-state index contributed by atoms with van der Waals surface area (Å²) in [5.41, 5.74) is 6.20. The van der Waals surface area contributed by atoms with Crippen molar-refractivity contribution in [2.24, 2.45) is 0 Å². The van der Waals surface area contributed by atoms with E-state index in [0.29, 0.717) is 5.69 Å². The molecule has 5 N–H and O–H groups in total. The molecule has 0 saturated heterocycles. The van der Waals surface area contributed by atoms with Gasteiger partial charge in [0, 0.05) is 0 Å². The van der Waals surface area contributed by atoms with Crippen LogP contribution >= 0.6 is 0 Å². The number of hydrogen-bond acceptors (Lipinski definition) is 6. The molecule has 17 heavy (non-hydrogen) atoms. The number of ether oxygens (including phenoxy) is 1. The van der Waals surface area contributed by atoms with Gasteiger partial charge < -0.3 is 10.5 Å². The Labute approximate surface area is 97.9 Å². The average molecular weight is 263 g/mol. The molecule has 1 aromatic rings. The third kappa shape index (κ3) is 3.52. The minimum absolute atomic E-state index is 0.0605. The highest BCUT2D eigenvalue weighted by atomic mass is 32.2. The Hall–Kier alpha value is -1.97. The minimum Gasteiger partial charge on any atom is -0.449 e. The van der Waals surface area contributed by atoms with Crippen molar-refractivity contribution in [3.05, 3.63) is 5.69 Å². The van der Waals surface area contributed by atoms with Crippen LogP contribution in [0, 0.1) is 6.92 Å². The number of anilines is 2. The van der Waals surface area contributed by atoms with E-state index in [9.17, 15) is 13.2 Å². The lowest BCUT2D eigenvalue weighted by Gasteiger charge is -2.07. The first-order chi connectivity index (χ1) is 7.85. The number of aryl methyl sites for hydroxylation is 1. The zero-order chi connectivity index (χ0) is 13.1. The Kier molecular flexibility index (Phi) is 3.78. The Morgan fingerprint density at radius 2 is 2.24 bits per heavy atom. The number of aromatic amines is 1. The van der Waals surface area contributed by atoms with E-state index >= 15 is 0 Å². The summed E-state index contributed by atoms with van der Waals surface area (Å²) in [6, 6.07) is 0. The molecule has 0 saturated carbocycles. The number of nitrogens with zero attached hydrogens (tertiary/aromatic N) is 1. The maximum atomic E-state index is 11.4. The third-order valence-electron chi connectivity index (χ3n) is 1.72. The Morgan fingerprint density at radius 1 is 1.59 bits per heavy atom. The molecule has 0 unspecified atom stereocenters. The van der Waals surface area contributed by atoms with E-state index < -0.39 is 16.3 Å². The summed E-state index contributed by atoms with van der Waals surface area (Å²) < 4.78 is 30.9. The second kappa shape index (κ2) is 4.91. The molecule has 0 atom stereocenters. The lowest BCUT2D eigenvalue weighted by atomic mass is 10.4. The van der Waals surface area contributed by atoms with Gasteiger partial charge in [0.2, 0.25) is 0 Å². The number of H-pyrrole nitrogens is 1. The molecule has 0 spiro atoms.